The standard InChI is InChI=1S/C14H22FN/c1-4-5-6-12-7-8-14(15)9-13(12)10-16-11(2)3/h7-9,11,16H,4-6,10H2,1-3H3. The molecule has 0 amide bonds. The second-order valence-electron chi connectivity index (χ2n) is 4.55. The second kappa shape index (κ2) is 6.64. The van der Waals surface area contributed by atoms with Gasteiger partial charge in [-0.15, -0.1) is 0 Å². The number of rotatable bonds is 6. The van der Waals surface area contributed by atoms with Crippen LogP contribution in [0.1, 0.15) is 44.7 Å². The number of halogens is 1. The van der Waals surface area contributed by atoms with Gasteiger partial charge in [-0.05, 0) is 36.1 Å². The van der Waals surface area contributed by atoms with E-state index < -0.39 is 0 Å². The molecule has 0 fully saturated rings. The molecular formula is C14H22FN. The third-order valence-electron chi connectivity index (χ3n) is 2.67. The number of hydrogen-bond donors (Lipinski definition) is 1. The van der Waals surface area contributed by atoms with Crippen LogP contribution in [0.25, 0.3) is 0 Å². The van der Waals surface area contributed by atoms with Crippen LogP contribution in [0.2, 0.25) is 0 Å². The van der Waals surface area contributed by atoms with Crippen LogP contribution in [0.15, 0.2) is 18.2 Å². The quantitative estimate of drug-likeness (QED) is 0.776. The van der Waals surface area contributed by atoms with E-state index in [0.29, 0.717) is 6.04 Å². The van der Waals surface area contributed by atoms with E-state index in [4.69, 9.17) is 0 Å². The van der Waals surface area contributed by atoms with E-state index >= 15 is 0 Å². The lowest BCUT2D eigenvalue weighted by Crippen LogP contribution is -2.22. The third kappa shape index (κ3) is 4.31. The Labute approximate surface area is 98.1 Å². The Balaban J connectivity index is 2.72. The predicted octanol–water partition coefficient (Wildman–Crippen LogP) is 3.67. The maximum Gasteiger partial charge on any atom is 0.123 e. The van der Waals surface area contributed by atoms with Gasteiger partial charge < -0.3 is 5.32 Å². The summed E-state index contributed by atoms with van der Waals surface area (Å²) in [7, 11) is 0. The molecule has 0 radical (unpaired) electrons. The van der Waals surface area contributed by atoms with Gasteiger partial charge in [-0.25, -0.2) is 4.39 Å². The van der Waals surface area contributed by atoms with Crippen molar-refractivity contribution in [2.75, 3.05) is 0 Å². The summed E-state index contributed by atoms with van der Waals surface area (Å²) in [4.78, 5) is 0. The molecule has 0 saturated heterocycles. The molecule has 1 N–H and O–H groups in total. The van der Waals surface area contributed by atoms with Crippen molar-refractivity contribution in [3.63, 3.8) is 0 Å². The molecule has 0 aliphatic carbocycles. The molecule has 0 aliphatic rings. The second-order valence-corrected chi connectivity index (χ2v) is 4.55. The molecule has 0 saturated carbocycles. The van der Waals surface area contributed by atoms with Crippen molar-refractivity contribution in [2.24, 2.45) is 0 Å². The van der Waals surface area contributed by atoms with Crippen LogP contribution >= 0.6 is 0 Å². The summed E-state index contributed by atoms with van der Waals surface area (Å²) in [6.45, 7) is 7.14. The fourth-order valence-electron chi connectivity index (χ4n) is 1.68. The molecule has 0 atom stereocenters. The van der Waals surface area contributed by atoms with E-state index in [1.807, 2.05) is 6.07 Å². The van der Waals surface area contributed by atoms with Crippen LogP contribution in [0.5, 0.6) is 0 Å². The smallest absolute Gasteiger partial charge is 0.123 e. The molecule has 0 bridgehead atoms. The molecule has 0 aromatic heterocycles. The first kappa shape index (κ1) is 13.2. The highest BCUT2D eigenvalue weighted by Gasteiger charge is 2.04. The fourth-order valence-corrected chi connectivity index (χ4v) is 1.68. The van der Waals surface area contributed by atoms with Gasteiger partial charge in [0.15, 0.2) is 0 Å². The first-order valence-electron chi connectivity index (χ1n) is 6.14. The highest BCUT2D eigenvalue weighted by Crippen LogP contribution is 2.14. The lowest BCUT2D eigenvalue weighted by Gasteiger charge is -2.12. The molecule has 1 aromatic rings. The lowest BCUT2D eigenvalue weighted by molar-refractivity contribution is 0.577. The summed E-state index contributed by atoms with van der Waals surface area (Å²) >= 11 is 0. The van der Waals surface area contributed by atoms with Crippen molar-refractivity contribution in [1.82, 2.24) is 5.32 Å². The largest absolute Gasteiger partial charge is 0.310 e. The van der Waals surface area contributed by atoms with Gasteiger partial charge in [0.2, 0.25) is 0 Å². The minimum Gasteiger partial charge on any atom is -0.310 e. The zero-order valence-corrected chi connectivity index (χ0v) is 10.5. The van der Waals surface area contributed by atoms with Crippen molar-refractivity contribution >= 4 is 0 Å². The van der Waals surface area contributed by atoms with Gasteiger partial charge in [-0.1, -0.05) is 33.3 Å². The van der Waals surface area contributed by atoms with E-state index in [2.05, 4.69) is 26.1 Å². The molecule has 2 heteroatoms. The van der Waals surface area contributed by atoms with Crippen molar-refractivity contribution < 1.29 is 4.39 Å². The van der Waals surface area contributed by atoms with Gasteiger partial charge in [0.1, 0.15) is 5.82 Å². The van der Waals surface area contributed by atoms with Crippen molar-refractivity contribution in [3.8, 4) is 0 Å². The summed E-state index contributed by atoms with van der Waals surface area (Å²) in [5, 5.41) is 3.34. The Hall–Kier alpha value is -0.890. The van der Waals surface area contributed by atoms with Gasteiger partial charge in [-0.3, -0.25) is 0 Å². The van der Waals surface area contributed by atoms with E-state index in [1.165, 1.54) is 18.4 Å². The predicted molar refractivity (Wildman–Crippen MR) is 67.0 cm³/mol. The summed E-state index contributed by atoms with van der Waals surface area (Å²) < 4.78 is 13.2. The first-order chi connectivity index (χ1) is 7.63. The van der Waals surface area contributed by atoms with Gasteiger partial charge in [0, 0.05) is 12.6 Å². The Morgan fingerprint density at radius 2 is 2.00 bits per heavy atom. The SMILES string of the molecule is CCCCc1ccc(F)cc1CNC(C)C. The highest BCUT2D eigenvalue weighted by atomic mass is 19.1. The number of benzene rings is 1. The third-order valence-corrected chi connectivity index (χ3v) is 2.67. The van der Waals surface area contributed by atoms with E-state index in [0.717, 1.165) is 18.5 Å². The molecule has 0 aliphatic heterocycles. The molecule has 1 rings (SSSR count). The molecule has 0 spiro atoms. The molecule has 0 heterocycles. The molecule has 1 nitrogen and oxygen atoms in total. The van der Waals surface area contributed by atoms with E-state index in [1.54, 1.807) is 12.1 Å². The average Bonchev–Trinajstić information content (AvgIpc) is 2.25. The Morgan fingerprint density at radius 3 is 2.62 bits per heavy atom. The zero-order chi connectivity index (χ0) is 12.0. The maximum absolute atomic E-state index is 13.2. The molecule has 16 heavy (non-hydrogen) atoms. The van der Waals surface area contributed by atoms with Crippen LogP contribution < -0.4 is 5.32 Å². The maximum atomic E-state index is 13.2. The molecule has 1 aromatic carbocycles. The van der Waals surface area contributed by atoms with Gasteiger partial charge in [0.05, 0.1) is 0 Å². The number of aryl methyl sites for hydroxylation is 1. The van der Waals surface area contributed by atoms with Crippen LogP contribution in [0.4, 0.5) is 4.39 Å². The summed E-state index contributed by atoms with van der Waals surface area (Å²) in [6, 6.07) is 5.56. The van der Waals surface area contributed by atoms with Crippen LogP contribution in [-0.2, 0) is 13.0 Å². The Morgan fingerprint density at radius 1 is 1.25 bits per heavy atom. The number of nitrogens with one attached hydrogen (secondary N) is 1. The van der Waals surface area contributed by atoms with Gasteiger partial charge in [-0.2, -0.15) is 0 Å². The minimum atomic E-state index is -0.138. The Kier molecular flexibility index (Phi) is 5.47. The van der Waals surface area contributed by atoms with E-state index in [-0.39, 0.29) is 5.82 Å². The molecule has 90 valence electrons. The topological polar surface area (TPSA) is 12.0 Å². The van der Waals surface area contributed by atoms with Crippen molar-refractivity contribution in [1.29, 1.82) is 0 Å². The molecule has 0 unspecified atom stereocenters. The van der Waals surface area contributed by atoms with E-state index in [9.17, 15) is 4.39 Å². The highest BCUT2D eigenvalue weighted by molar-refractivity contribution is 5.28. The van der Waals surface area contributed by atoms with Crippen LogP contribution in [0, 0.1) is 5.82 Å². The first-order valence-corrected chi connectivity index (χ1v) is 6.14. The summed E-state index contributed by atoms with van der Waals surface area (Å²) in [5.74, 6) is -0.138. The summed E-state index contributed by atoms with van der Waals surface area (Å²) in [5.41, 5.74) is 2.37. The van der Waals surface area contributed by atoms with Crippen LogP contribution in [-0.4, -0.2) is 6.04 Å². The van der Waals surface area contributed by atoms with Crippen molar-refractivity contribution in [3.05, 3.63) is 35.1 Å². The summed E-state index contributed by atoms with van der Waals surface area (Å²) in [6.07, 6.45) is 3.39. The molecular weight excluding hydrogens is 201 g/mol. The minimum absolute atomic E-state index is 0.138. The monoisotopic (exact) mass is 223 g/mol. The van der Waals surface area contributed by atoms with Crippen LogP contribution in [0.3, 0.4) is 0 Å². The van der Waals surface area contributed by atoms with Gasteiger partial charge in [0.25, 0.3) is 0 Å². The number of hydrogen-bond acceptors (Lipinski definition) is 1. The normalized spacial score (nSPS) is 11.1. The lowest BCUT2D eigenvalue weighted by atomic mass is 10.0. The fraction of sp³-hybridized carbons (Fsp3) is 0.571. The number of unbranched alkanes of at least 4 members (excludes halogenated alkanes) is 1. The zero-order valence-electron chi connectivity index (χ0n) is 10.5. The van der Waals surface area contributed by atoms with Crippen molar-refractivity contribution in [2.45, 2.75) is 52.6 Å². The Bertz CT molecular complexity index is 321. The average molecular weight is 223 g/mol. The van der Waals surface area contributed by atoms with Gasteiger partial charge >= 0.3 is 0 Å².